The molecule has 0 aliphatic carbocycles. The maximum Gasteiger partial charge on any atom is 0.256 e. The lowest BCUT2D eigenvalue weighted by Crippen LogP contribution is -2.49. The first-order valence-corrected chi connectivity index (χ1v) is 12.4. The number of benzene rings is 2. The van der Waals surface area contributed by atoms with Crippen molar-refractivity contribution >= 4 is 28.5 Å². The summed E-state index contributed by atoms with van der Waals surface area (Å²) in [5, 5.41) is 15.2. The number of anilines is 1. The fourth-order valence-corrected chi connectivity index (χ4v) is 4.41. The van der Waals surface area contributed by atoms with Gasteiger partial charge in [0.15, 0.2) is 5.58 Å². The van der Waals surface area contributed by atoms with Crippen molar-refractivity contribution in [1.82, 2.24) is 25.4 Å². The minimum atomic E-state index is -0.131. The van der Waals surface area contributed by atoms with Crippen LogP contribution in [0.15, 0.2) is 40.9 Å². The Morgan fingerprint density at radius 3 is 2.47 bits per heavy atom. The largest absolute Gasteiger partial charge is 0.376 e. The van der Waals surface area contributed by atoms with E-state index in [0.717, 1.165) is 27.9 Å². The van der Waals surface area contributed by atoms with Crippen LogP contribution in [0.5, 0.6) is 0 Å². The Balaban J connectivity index is 1.40. The molecule has 1 aliphatic rings. The molecule has 0 radical (unpaired) electrons. The van der Waals surface area contributed by atoms with E-state index in [4.69, 9.17) is 4.52 Å². The number of hydrogen-bond donors (Lipinski definition) is 2. The third kappa shape index (κ3) is 5.85. The Morgan fingerprint density at radius 2 is 1.81 bits per heavy atom. The third-order valence-corrected chi connectivity index (χ3v) is 6.65. The summed E-state index contributed by atoms with van der Waals surface area (Å²) in [5.74, 6) is -0.244. The normalized spacial score (nSPS) is 13.3. The average molecular weight is 493 g/mol. The lowest BCUT2D eigenvalue weighted by molar-refractivity contribution is -0.151. The molecule has 0 saturated carbocycles. The van der Waals surface area contributed by atoms with Gasteiger partial charge < -0.3 is 20.1 Å². The molecule has 0 bridgehead atoms. The van der Waals surface area contributed by atoms with Gasteiger partial charge in [-0.3, -0.25) is 14.6 Å². The van der Waals surface area contributed by atoms with Gasteiger partial charge in [-0.25, -0.2) is 5.01 Å². The van der Waals surface area contributed by atoms with Crippen LogP contribution in [0.2, 0.25) is 0 Å². The number of nitrogens with zero attached hydrogens (tertiary/aromatic N) is 4. The van der Waals surface area contributed by atoms with Crippen LogP contribution in [0.4, 0.5) is 5.69 Å². The highest BCUT2D eigenvalue weighted by Gasteiger charge is 2.27. The Hall–Kier alpha value is -3.43. The van der Waals surface area contributed by atoms with Crippen LogP contribution in [0, 0.1) is 13.8 Å². The summed E-state index contributed by atoms with van der Waals surface area (Å²) in [6.45, 7) is 10.5. The highest BCUT2D eigenvalue weighted by molar-refractivity contribution is 5.88. The number of nitrogens with one attached hydrogen (secondary N) is 2. The number of fused-ring (bicyclic) bond motifs is 2. The molecule has 0 atom stereocenters. The van der Waals surface area contributed by atoms with Crippen molar-refractivity contribution in [3.63, 3.8) is 0 Å². The molecule has 1 aromatic heterocycles. The van der Waals surface area contributed by atoms with Crippen LogP contribution < -0.4 is 10.6 Å². The second-order valence-electron chi connectivity index (χ2n) is 9.72. The summed E-state index contributed by atoms with van der Waals surface area (Å²) in [5.41, 5.74) is 5.79. The van der Waals surface area contributed by atoms with Crippen molar-refractivity contribution in [3.05, 3.63) is 58.8 Å². The summed E-state index contributed by atoms with van der Waals surface area (Å²) in [7, 11) is 1.78. The fourth-order valence-electron chi connectivity index (χ4n) is 4.41. The highest BCUT2D eigenvalue weighted by atomic mass is 16.5. The molecule has 2 N–H and O–H groups in total. The number of carbonyl (C=O) groups is 2. The number of likely N-dealkylation sites (N-methyl/N-ethyl adjacent to an activating group) is 1. The van der Waals surface area contributed by atoms with Gasteiger partial charge in [-0.2, -0.15) is 0 Å². The number of rotatable bonds is 10. The molecule has 3 aromatic rings. The van der Waals surface area contributed by atoms with Gasteiger partial charge >= 0.3 is 0 Å². The smallest absolute Gasteiger partial charge is 0.256 e. The fraction of sp³-hybridized carbons (Fsp3) is 0.444. The molecule has 0 spiro atoms. The van der Waals surface area contributed by atoms with Gasteiger partial charge in [0.2, 0.25) is 5.91 Å². The summed E-state index contributed by atoms with van der Waals surface area (Å²) < 4.78 is 5.33. The molecule has 2 aromatic carbocycles. The molecule has 9 heteroatoms. The predicted octanol–water partition coefficient (Wildman–Crippen LogP) is 3.07. The Morgan fingerprint density at radius 1 is 1.11 bits per heavy atom. The Kier molecular flexibility index (Phi) is 7.91. The minimum absolute atomic E-state index is 0.0202. The van der Waals surface area contributed by atoms with Crippen molar-refractivity contribution in [2.45, 2.75) is 46.8 Å². The van der Waals surface area contributed by atoms with Crippen LogP contribution in [0.1, 0.15) is 36.2 Å². The van der Waals surface area contributed by atoms with E-state index in [2.05, 4.69) is 41.8 Å². The van der Waals surface area contributed by atoms with Crippen molar-refractivity contribution in [2.24, 2.45) is 0 Å². The predicted molar refractivity (Wildman–Crippen MR) is 140 cm³/mol. The van der Waals surface area contributed by atoms with Crippen molar-refractivity contribution in [1.29, 1.82) is 0 Å². The van der Waals surface area contributed by atoms with Gasteiger partial charge in [0.25, 0.3) is 5.91 Å². The summed E-state index contributed by atoms with van der Waals surface area (Å²) >= 11 is 0. The van der Waals surface area contributed by atoms with E-state index in [1.165, 1.54) is 11.1 Å². The van der Waals surface area contributed by atoms with E-state index in [1.54, 1.807) is 17.0 Å². The zero-order valence-corrected chi connectivity index (χ0v) is 21.8. The first-order chi connectivity index (χ1) is 17.2. The van der Waals surface area contributed by atoms with Gasteiger partial charge in [0.1, 0.15) is 6.54 Å². The van der Waals surface area contributed by atoms with Gasteiger partial charge in [-0.05, 0) is 42.7 Å². The van der Waals surface area contributed by atoms with Gasteiger partial charge in [0.05, 0.1) is 12.2 Å². The van der Waals surface area contributed by atoms with E-state index in [0.29, 0.717) is 32.2 Å². The van der Waals surface area contributed by atoms with E-state index in [-0.39, 0.29) is 24.9 Å². The van der Waals surface area contributed by atoms with Crippen molar-refractivity contribution in [2.75, 3.05) is 38.5 Å². The Labute approximate surface area is 212 Å². The maximum atomic E-state index is 13.3. The van der Waals surface area contributed by atoms with Crippen LogP contribution in [0.25, 0.3) is 11.0 Å². The SMILES string of the molecule is Cc1cc2onc(C)c2cc1NCC(=O)N(CCNC(C)C)CC(=O)N(C)N1Cc2ccccc2C1. The first-order valence-electron chi connectivity index (χ1n) is 12.4. The molecule has 0 fully saturated rings. The maximum absolute atomic E-state index is 13.3. The number of hydrogen-bond acceptors (Lipinski definition) is 7. The highest BCUT2D eigenvalue weighted by Crippen LogP contribution is 2.26. The lowest BCUT2D eigenvalue weighted by Gasteiger charge is -2.31. The topological polar surface area (TPSA) is 93.9 Å². The van der Waals surface area contributed by atoms with Crippen LogP contribution in [-0.4, -0.2) is 71.2 Å². The van der Waals surface area contributed by atoms with Crippen molar-refractivity contribution in [3.8, 4) is 0 Å². The molecule has 36 heavy (non-hydrogen) atoms. The number of carbonyl (C=O) groups excluding carboxylic acids is 2. The van der Waals surface area contributed by atoms with Crippen LogP contribution in [0.3, 0.4) is 0 Å². The zero-order valence-electron chi connectivity index (χ0n) is 21.8. The average Bonchev–Trinajstić information content (AvgIpc) is 3.44. The molecule has 4 rings (SSSR count). The summed E-state index contributed by atoms with van der Waals surface area (Å²) in [4.78, 5) is 28.1. The van der Waals surface area contributed by atoms with E-state index >= 15 is 0 Å². The molecule has 2 heterocycles. The second kappa shape index (κ2) is 11.1. The second-order valence-corrected chi connectivity index (χ2v) is 9.72. The lowest BCUT2D eigenvalue weighted by atomic mass is 10.1. The molecular formula is C27H36N6O3. The number of aryl methyl sites for hydroxylation is 2. The molecule has 0 unspecified atom stereocenters. The molecule has 9 nitrogen and oxygen atoms in total. The molecule has 1 aliphatic heterocycles. The molecule has 0 saturated heterocycles. The number of amides is 2. The van der Waals surface area contributed by atoms with E-state index < -0.39 is 0 Å². The van der Waals surface area contributed by atoms with Gasteiger partial charge in [-0.15, -0.1) is 0 Å². The van der Waals surface area contributed by atoms with E-state index in [9.17, 15) is 9.59 Å². The number of hydrazine groups is 1. The third-order valence-electron chi connectivity index (χ3n) is 6.65. The Bertz CT molecular complexity index is 1210. The number of aromatic nitrogens is 1. The van der Waals surface area contributed by atoms with Crippen LogP contribution >= 0.6 is 0 Å². The minimum Gasteiger partial charge on any atom is -0.376 e. The molecule has 2 amide bonds. The summed E-state index contributed by atoms with van der Waals surface area (Å²) in [6.07, 6.45) is 0. The van der Waals surface area contributed by atoms with Crippen LogP contribution in [-0.2, 0) is 22.7 Å². The van der Waals surface area contributed by atoms with Gasteiger partial charge in [-0.1, -0.05) is 43.3 Å². The summed E-state index contributed by atoms with van der Waals surface area (Å²) in [6, 6.07) is 12.4. The first kappa shape index (κ1) is 25.7. The van der Waals surface area contributed by atoms with E-state index in [1.807, 2.05) is 43.1 Å². The quantitative estimate of drug-likeness (QED) is 0.449. The molecular weight excluding hydrogens is 456 g/mol. The van der Waals surface area contributed by atoms with Crippen molar-refractivity contribution < 1.29 is 14.1 Å². The monoisotopic (exact) mass is 492 g/mol. The molecule has 192 valence electrons. The zero-order chi connectivity index (χ0) is 25.8. The standard InChI is InChI=1S/C27H36N6O3/c1-18(2)28-10-11-32(17-27(35)31(5)33-15-21-8-6-7-9-22(21)16-33)26(34)14-29-24-13-23-20(4)30-36-25(23)12-19(24)3/h6-9,12-13,18,28-29H,10-11,14-17H2,1-5H3. The van der Waals surface area contributed by atoms with Gasteiger partial charge in [0, 0.05) is 50.3 Å².